The lowest BCUT2D eigenvalue weighted by Gasteiger charge is -2.21. The highest BCUT2D eigenvalue weighted by atomic mass is 16.2. The standard InChI is InChI=1S/C14H19N3O/c1-9-4-5-12-6-7-17(13(12)8-9)11(3)10(2)14(18)16-15/h4-8,10-11H,15H2,1-3H3,(H,16,18). The molecular weight excluding hydrogens is 226 g/mol. The first kappa shape index (κ1) is 12.6. The summed E-state index contributed by atoms with van der Waals surface area (Å²) in [5.74, 6) is 4.88. The van der Waals surface area contributed by atoms with Gasteiger partial charge in [0.2, 0.25) is 5.91 Å². The number of carbonyl (C=O) groups excluding carboxylic acids is 1. The number of amides is 1. The summed E-state index contributed by atoms with van der Waals surface area (Å²) in [4.78, 5) is 11.6. The van der Waals surface area contributed by atoms with Crippen molar-refractivity contribution >= 4 is 16.8 Å². The van der Waals surface area contributed by atoms with E-state index in [4.69, 9.17) is 5.84 Å². The largest absolute Gasteiger partial charge is 0.344 e. The Labute approximate surface area is 107 Å². The minimum absolute atomic E-state index is 0.0628. The van der Waals surface area contributed by atoms with Gasteiger partial charge in [-0.3, -0.25) is 10.2 Å². The van der Waals surface area contributed by atoms with Gasteiger partial charge in [-0.15, -0.1) is 0 Å². The van der Waals surface area contributed by atoms with Crippen LogP contribution in [0, 0.1) is 12.8 Å². The SMILES string of the molecule is Cc1ccc2ccn(C(C)C(C)C(=O)NN)c2c1. The third-order valence-corrected chi connectivity index (χ3v) is 3.60. The van der Waals surface area contributed by atoms with Crippen LogP contribution in [0.5, 0.6) is 0 Å². The second-order valence-corrected chi connectivity index (χ2v) is 4.82. The van der Waals surface area contributed by atoms with E-state index in [9.17, 15) is 4.79 Å². The Hall–Kier alpha value is -1.81. The van der Waals surface area contributed by atoms with Gasteiger partial charge in [0.15, 0.2) is 0 Å². The smallest absolute Gasteiger partial charge is 0.238 e. The van der Waals surface area contributed by atoms with Crippen molar-refractivity contribution in [1.29, 1.82) is 0 Å². The molecule has 96 valence electrons. The number of hydrazine groups is 1. The van der Waals surface area contributed by atoms with Crippen LogP contribution in [0.1, 0.15) is 25.5 Å². The van der Waals surface area contributed by atoms with Crippen LogP contribution in [-0.2, 0) is 4.79 Å². The summed E-state index contributed by atoms with van der Waals surface area (Å²) < 4.78 is 2.13. The molecule has 4 nitrogen and oxygen atoms in total. The molecule has 2 unspecified atom stereocenters. The number of aromatic nitrogens is 1. The van der Waals surface area contributed by atoms with Gasteiger partial charge in [-0.1, -0.05) is 19.1 Å². The first-order chi connectivity index (χ1) is 8.54. The zero-order valence-electron chi connectivity index (χ0n) is 11.0. The van der Waals surface area contributed by atoms with Crippen LogP contribution < -0.4 is 11.3 Å². The van der Waals surface area contributed by atoms with Crippen LogP contribution in [0.3, 0.4) is 0 Å². The molecule has 1 aromatic carbocycles. The minimum Gasteiger partial charge on any atom is -0.344 e. The van der Waals surface area contributed by atoms with Crippen LogP contribution in [-0.4, -0.2) is 10.5 Å². The summed E-state index contributed by atoms with van der Waals surface area (Å²) in [6, 6.07) is 8.46. The second-order valence-electron chi connectivity index (χ2n) is 4.82. The van der Waals surface area contributed by atoms with E-state index in [1.807, 2.05) is 20.0 Å². The van der Waals surface area contributed by atoms with Crippen LogP contribution in [0.15, 0.2) is 30.5 Å². The van der Waals surface area contributed by atoms with Crippen molar-refractivity contribution in [3.05, 3.63) is 36.0 Å². The average Bonchev–Trinajstić information content (AvgIpc) is 2.78. The molecule has 2 aromatic rings. The maximum Gasteiger partial charge on any atom is 0.238 e. The second kappa shape index (κ2) is 4.82. The number of nitrogens with one attached hydrogen (secondary N) is 1. The number of hydrogen-bond acceptors (Lipinski definition) is 2. The van der Waals surface area contributed by atoms with Gasteiger partial charge < -0.3 is 4.57 Å². The molecule has 2 rings (SSSR count). The van der Waals surface area contributed by atoms with Crippen molar-refractivity contribution in [3.8, 4) is 0 Å². The van der Waals surface area contributed by atoms with E-state index in [0.29, 0.717) is 0 Å². The summed E-state index contributed by atoms with van der Waals surface area (Å²) in [6.07, 6.45) is 2.02. The zero-order valence-corrected chi connectivity index (χ0v) is 11.0. The number of nitrogens with two attached hydrogens (primary N) is 1. The Kier molecular flexibility index (Phi) is 3.39. The van der Waals surface area contributed by atoms with E-state index in [2.05, 4.69) is 41.2 Å². The number of nitrogens with zero attached hydrogens (tertiary/aromatic N) is 1. The fourth-order valence-corrected chi connectivity index (χ4v) is 2.21. The van der Waals surface area contributed by atoms with Crippen LogP contribution >= 0.6 is 0 Å². The third kappa shape index (κ3) is 2.11. The Morgan fingerprint density at radius 1 is 1.33 bits per heavy atom. The molecule has 0 bridgehead atoms. The Balaban J connectivity index is 2.41. The number of benzene rings is 1. The number of fused-ring (bicyclic) bond motifs is 1. The topological polar surface area (TPSA) is 60.0 Å². The molecule has 18 heavy (non-hydrogen) atoms. The first-order valence-electron chi connectivity index (χ1n) is 6.12. The molecule has 3 N–H and O–H groups in total. The van der Waals surface area contributed by atoms with Gasteiger partial charge in [0.05, 0.1) is 5.92 Å². The molecule has 0 saturated heterocycles. The molecule has 0 radical (unpaired) electrons. The number of aryl methyl sites for hydroxylation is 1. The molecular formula is C14H19N3O. The van der Waals surface area contributed by atoms with Gasteiger partial charge in [0.25, 0.3) is 0 Å². The highest BCUT2D eigenvalue weighted by molar-refractivity contribution is 5.82. The predicted molar refractivity (Wildman–Crippen MR) is 72.9 cm³/mol. The van der Waals surface area contributed by atoms with E-state index in [1.54, 1.807) is 0 Å². The lowest BCUT2D eigenvalue weighted by Crippen LogP contribution is -2.37. The Morgan fingerprint density at radius 3 is 2.72 bits per heavy atom. The Morgan fingerprint density at radius 2 is 2.06 bits per heavy atom. The van der Waals surface area contributed by atoms with Crippen molar-refractivity contribution in [2.24, 2.45) is 11.8 Å². The maximum absolute atomic E-state index is 11.6. The number of rotatable bonds is 3. The molecule has 0 fully saturated rings. The minimum atomic E-state index is -0.175. The molecule has 0 spiro atoms. The van der Waals surface area contributed by atoms with E-state index in [-0.39, 0.29) is 17.9 Å². The first-order valence-corrected chi connectivity index (χ1v) is 6.12. The molecule has 1 heterocycles. The van der Waals surface area contributed by atoms with E-state index in [1.165, 1.54) is 10.9 Å². The van der Waals surface area contributed by atoms with Crippen molar-refractivity contribution in [3.63, 3.8) is 0 Å². The third-order valence-electron chi connectivity index (χ3n) is 3.60. The molecule has 0 aliphatic carbocycles. The summed E-state index contributed by atoms with van der Waals surface area (Å²) in [5, 5.41) is 1.19. The van der Waals surface area contributed by atoms with Gasteiger partial charge >= 0.3 is 0 Å². The van der Waals surface area contributed by atoms with Crippen molar-refractivity contribution in [1.82, 2.24) is 9.99 Å². The van der Waals surface area contributed by atoms with Crippen molar-refractivity contribution in [2.75, 3.05) is 0 Å². The summed E-state index contributed by atoms with van der Waals surface area (Å²) in [6.45, 7) is 5.98. The molecule has 0 saturated carbocycles. The highest BCUT2D eigenvalue weighted by Crippen LogP contribution is 2.25. The van der Waals surface area contributed by atoms with Crippen molar-refractivity contribution in [2.45, 2.75) is 26.8 Å². The van der Waals surface area contributed by atoms with E-state index < -0.39 is 0 Å². The lowest BCUT2D eigenvalue weighted by molar-refractivity contribution is -0.125. The van der Waals surface area contributed by atoms with Gasteiger partial charge in [0.1, 0.15) is 0 Å². The summed E-state index contributed by atoms with van der Waals surface area (Å²) >= 11 is 0. The fourth-order valence-electron chi connectivity index (χ4n) is 2.21. The van der Waals surface area contributed by atoms with Crippen LogP contribution in [0.4, 0.5) is 0 Å². The molecule has 1 aromatic heterocycles. The van der Waals surface area contributed by atoms with E-state index >= 15 is 0 Å². The lowest BCUT2D eigenvalue weighted by atomic mass is 10.0. The van der Waals surface area contributed by atoms with Crippen molar-refractivity contribution < 1.29 is 4.79 Å². The van der Waals surface area contributed by atoms with Gasteiger partial charge in [0, 0.05) is 17.8 Å². The maximum atomic E-state index is 11.6. The molecule has 1 amide bonds. The van der Waals surface area contributed by atoms with Gasteiger partial charge in [-0.25, -0.2) is 5.84 Å². The molecule has 4 heteroatoms. The monoisotopic (exact) mass is 245 g/mol. The molecule has 0 aliphatic heterocycles. The molecule has 2 atom stereocenters. The highest BCUT2D eigenvalue weighted by Gasteiger charge is 2.21. The Bertz CT molecular complexity index is 573. The van der Waals surface area contributed by atoms with E-state index in [0.717, 1.165) is 5.52 Å². The normalized spacial score (nSPS) is 14.4. The van der Waals surface area contributed by atoms with Gasteiger partial charge in [-0.05, 0) is 36.9 Å². The van der Waals surface area contributed by atoms with Crippen LogP contribution in [0.25, 0.3) is 10.9 Å². The number of carbonyl (C=O) groups is 1. The predicted octanol–water partition coefficient (Wildman–Crippen LogP) is 2.14. The summed E-state index contributed by atoms with van der Waals surface area (Å²) in [7, 11) is 0. The van der Waals surface area contributed by atoms with Crippen LogP contribution in [0.2, 0.25) is 0 Å². The van der Waals surface area contributed by atoms with Gasteiger partial charge in [-0.2, -0.15) is 0 Å². The molecule has 0 aliphatic rings. The average molecular weight is 245 g/mol. The quantitative estimate of drug-likeness (QED) is 0.494. The zero-order chi connectivity index (χ0) is 13.3. The number of hydrogen-bond donors (Lipinski definition) is 2. The fraction of sp³-hybridized carbons (Fsp3) is 0.357. The summed E-state index contributed by atoms with van der Waals surface area (Å²) in [5.41, 5.74) is 4.58.